The molecule has 0 aromatic carbocycles. The quantitative estimate of drug-likeness (QED) is 0.306. The van der Waals surface area contributed by atoms with Crippen LogP contribution in [0.15, 0.2) is 0 Å². The van der Waals surface area contributed by atoms with Gasteiger partial charge in [0.15, 0.2) is 0 Å². The van der Waals surface area contributed by atoms with E-state index in [0.717, 1.165) is 0 Å². The van der Waals surface area contributed by atoms with Crippen LogP contribution in [0.3, 0.4) is 0 Å². The van der Waals surface area contributed by atoms with Gasteiger partial charge in [-0.3, -0.25) is 0 Å². The molecule has 0 saturated carbocycles. The minimum Gasteiger partial charge on any atom is -0.563 e. The van der Waals surface area contributed by atoms with Gasteiger partial charge in [0.05, 0.1) is 6.61 Å². The van der Waals surface area contributed by atoms with E-state index in [1.165, 1.54) is 0 Å². The molecule has 0 spiro atoms. The maximum absolute atomic E-state index is 9.24. The molecule has 0 bridgehead atoms. The number of aliphatic hydroxyl groups is 1. The second-order valence-electron chi connectivity index (χ2n) is 1.30. The Labute approximate surface area is 147 Å². The molecule has 78 valence electrons. The standard InChI is InChI=1S/C2H3Cl3O.2Na.O5P2/c3-2(4,5)1-6;;;1-6(2)5-7(3)4/h6H,1H2;;;/q;2*+1;. The third-order valence-electron chi connectivity index (χ3n) is 0.313. The van der Waals surface area contributed by atoms with Crippen LogP contribution in [0.1, 0.15) is 0 Å². The van der Waals surface area contributed by atoms with Gasteiger partial charge in [0, 0.05) is 0 Å². The number of alkyl halides is 3. The molecule has 0 fully saturated rings. The summed E-state index contributed by atoms with van der Waals surface area (Å²) in [6.45, 7) is -0.433. The minimum absolute atomic E-state index is 0. The van der Waals surface area contributed by atoms with Gasteiger partial charge in [0.1, 0.15) is 4.31 Å². The Bertz CT molecular complexity index is 176. The molecular formula is C2H3Cl3Na2O6P2+2. The summed E-state index contributed by atoms with van der Waals surface area (Å²) in [4.78, 5) is 18.5. The van der Waals surface area contributed by atoms with E-state index in [0.29, 0.717) is 0 Å². The second-order valence-corrected chi connectivity index (χ2v) is 5.37. The molecule has 0 radical (unpaired) electrons. The van der Waals surface area contributed by atoms with Gasteiger partial charge in [-0.15, -0.1) is 0 Å². The first-order valence-electron chi connectivity index (χ1n) is 2.33. The van der Waals surface area contributed by atoms with Crippen molar-refractivity contribution >= 4 is 51.3 Å². The van der Waals surface area contributed by atoms with Gasteiger partial charge in [-0.25, -0.2) is 0 Å². The van der Waals surface area contributed by atoms with Gasteiger partial charge >= 0.3 is 75.6 Å². The molecule has 0 aliphatic carbocycles. The third-order valence-corrected chi connectivity index (χ3v) is 1.74. The molecule has 0 amide bonds. The van der Waals surface area contributed by atoms with Crippen molar-refractivity contribution in [2.45, 2.75) is 3.79 Å². The maximum atomic E-state index is 9.24. The van der Waals surface area contributed by atoms with Gasteiger partial charge in [-0.05, 0) is 9.13 Å². The van der Waals surface area contributed by atoms with E-state index in [1.54, 1.807) is 0 Å². The Kier molecular flexibility index (Phi) is 26.4. The van der Waals surface area contributed by atoms with E-state index >= 15 is 0 Å². The Morgan fingerprint density at radius 2 is 1.33 bits per heavy atom. The molecule has 0 heterocycles. The molecule has 0 rings (SSSR count). The van der Waals surface area contributed by atoms with Crippen LogP contribution < -0.4 is 68.9 Å². The van der Waals surface area contributed by atoms with Crippen molar-refractivity contribution in [2.75, 3.05) is 6.61 Å². The Hall–Kier alpha value is 2.91. The second kappa shape index (κ2) is 15.0. The zero-order valence-corrected chi connectivity index (χ0v) is 15.8. The van der Waals surface area contributed by atoms with Crippen molar-refractivity contribution in [3.8, 4) is 0 Å². The number of rotatable bonds is 2. The molecule has 0 aromatic heterocycles. The van der Waals surface area contributed by atoms with E-state index in [2.05, 4.69) is 4.31 Å². The number of hydrogen-bond acceptors (Lipinski definition) is 6. The van der Waals surface area contributed by atoms with E-state index in [9.17, 15) is 18.9 Å². The first-order chi connectivity index (χ1) is 5.69. The summed E-state index contributed by atoms with van der Waals surface area (Å²) in [6, 6.07) is 0. The van der Waals surface area contributed by atoms with E-state index < -0.39 is 26.9 Å². The first-order valence-corrected chi connectivity index (χ1v) is 5.66. The van der Waals surface area contributed by atoms with Gasteiger partial charge in [-0.2, -0.15) is 0 Å². The van der Waals surface area contributed by atoms with Crippen LogP contribution in [0.25, 0.3) is 0 Å². The van der Waals surface area contributed by atoms with Crippen LogP contribution in [0.2, 0.25) is 0 Å². The zero-order valence-electron chi connectivity index (χ0n) is 7.72. The number of aliphatic hydroxyl groups excluding tert-OH is 1. The van der Waals surface area contributed by atoms with Gasteiger partial charge in [0.25, 0.3) is 0 Å². The molecule has 15 heavy (non-hydrogen) atoms. The third kappa shape index (κ3) is 38.3. The topological polar surface area (TPSA) is 110 Å². The summed E-state index contributed by atoms with van der Waals surface area (Å²) in [7, 11) is -6.47. The van der Waals surface area contributed by atoms with E-state index in [1.807, 2.05) is 0 Å². The smallest absolute Gasteiger partial charge is 0.563 e. The first kappa shape index (κ1) is 26.5. The Balaban J connectivity index is -0.0000000718. The summed E-state index contributed by atoms with van der Waals surface area (Å²) in [5.41, 5.74) is 0. The molecule has 2 atom stereocenters. The van der Waals surface area contributed by atoms with E-state index in [4.69, 9.17) is 39.9 Å². The molecule has 0 saturated heterocycles. The van der Waals surface area contributed by atoms with Gasteiger partial charge < -0.3 is 14.9 Å². The molecule has 1 N–H and O–H groups in total. The van der Waals surface area contributed by atoms with Gasteiger partial charge in [-0.1, -0.05) is 34.8 Å². The van der Waals surface area contributed by atoms with Crippen LogP contribution in [0.5, 0.6) is 0 Å². The van der Waals surface area contributed by atoms with Crippen LogP contribution in [-0.2, 0) is 13.4 Å². The molecule has 0 aromatic rings. The average molecular weight is 337 g/mol. The SMILES string of the molecule is O=[P+]([O-])O[P+](=O)[O-].OCC(Cl)(Cl)Cl.[Na+].[Na+]. The van der Waals surface area contributed by atoms with Crippen molar-refractivity contribution in [2.24, 2.45) is 0 Å². The van der Waals surface area contributed by atoms with Crippen LogP contribution in [0, 0.1) is 0 Å². The van der Waals surface area contributed by atoms with Crippen molar-refractivity contribution in [3.63, 3.8) is 0 Å². The number of hydrogen-bond donors (Lipinski definition) is 1. The maximum Gasteiger partial charge on any atom is 1.00 e. The largest absolute Gasteiger partial charge is 1.00 e. The van der Waals surface area contributed by atoms with Crippen LogP contribution >= 0.6 is 51.3 Å². The Morgan fingerprint density at radius 3 is 1.33 bits per heavy atom. The average Bonchev–Trinajstić information content (AvgIpc) is 1.84. The zero-order chi connectivity index (χ0) is 11.1. The summed E-state index contributed by atoms with van der Waals surface area (Å²) in [6.07, 6.45) is 0. The summed E-state index contributed by atoms with van der Waals surface area (Å²) < 4.78 is 20.2. The number of halogens is 3. The minimum atomic E-state index is -3.24. The predicted octanol–water partition coefficient (Wildman–Crippen LogP) is -5.60. The summed E-state index contributed by atoms with van der Waals surface area (Å²) in [5, 5.41) is 8.01. The predicted molar refractivity (Wildman–Crippen MR) is 43.7 cm³/mol. The molecule has 0 aliphatic rings. The van der Waals surface area contributed by atoms with Crippen molar-refractivity contribution < 1.29 is 87.4 Å². The molecule has 13 heteroatoms. The van der Waals surface area contributed by atoms with Gasteiger partial charge in [0.2, 0.25) is 3.79 Å². The van der Waals surface area contributed by atoms with Crippen molar-refractivity contribution in [1.29, 1.82) is 0 Å². The fraction of sp³-hybridized carbons (Fsp3) is 1.00. The fourth-order valence-corrected chi connectivity index (χ4v) is 0.490. The van der Waals surface area contributed by atoms with Crippen LogP contribution in [-0.4, -0.2) is 15.5 Å². The fourth-order valence-electron chi connectivity index (χ4n) is 0.0544. The van der Waals surface area contributed by atoms with Crippen molar-refractivity contribution in [1.82, 2.24) is 0 Å². The summed E-state index contributed by atoms with van der Waals surface area (Å²) >= 11 is 15.0. The van der Waals surface area contributed by atoms with Crippen molar-refractivity contribution in [3.05, 3.63) is 0 Å². The molecular weight excluding hydrogens is 334 g/mol. The van der Waals surface area contributed by atoms with Crippen LogP contribution in [0.4, 0.5) is 0 Å². The monoisotopic (exact) mass is 336 g/mol. The molecule has 6 nitrogen and oxygen atoms in total. The Morgan fingerprint density at radius 1 is 1.13 bits per heavy atom. The normalized spacial score (nSPS) is 11.1. The summed E-state index contributed by atoms with van der Waals surface area (Å²) in [5.74, 6) is 0. The molecule has 0 aliphatic heterocycles. The van der Waals surface area contributed by atoms with E-state index in [-0.39, 0.29) is 59.1 Å². The molecule has 2 unspecified atom stereocenters.